The standard InChI is InChI=1S/C22H31N3O/c1-18(2)26-17-21-12-7-11-20(15-21)16-25-22(23-3)24-14-8-13-19-9-5-4-6-10-19/h4-7,9-12,15,18H,8,13-14,16-17H2,1-3H3,(H2,23,24,25). The van der Waals surface area contributed by atoms with Crippen LogP contribution in [0.4, 0.5) is 0 Å². The predicted molar refractivity (Wildman–Crippen MR) is 109 cm³/mol. The van der Waals surface area contributed by atoms with Crippen LogP contribution >= 0.6 is 0 Å². The Labute approximate surface area is 157 Å². The zero-order chi connectivity index (χ0) is 18.6. The van der Waals surface area contributed by atoms with E-state index in [0.717, 1.165) is 31.9 Å². The average molecular weight is 354 g/mol. The van der Waals surface area contributed by atoms with E-state index >= 15 is 0 Å². The van der Waals surface area contributed by atoms with Gasteiger partial charge in [0.2, 0.25) is 0 Å². The lowest BCUT2D eigenvalue weighted by Gasteiger charge is -2.13. The number of hydrogen-bond acceptors (Lipinski definition) is 2. The van der Waals surface area contributed by atoms with Crippen LogP contribution < -0.4 is 10.6 Å². The summed E-state index contributed by atoms with van der Waals surface area (Å²) in [5, 5.41) is 6.75. The van der Waals surface area contributed by atoms with Crippen molar-refractivity contribution >= 4 is 5.96 Å². The molecule has 0 bridgehead atoms. The van der Waals surface area contributed by atoms with Gasteiger partial charge in [0.25, 0.3) is 0 Å². The summed E-state index contributed by atoms with van der Waals surface area (Å²) < 4.78 is 5.68. The van der Waals surface area contributed by atoms with Gasteiger partial charge < -0.3 is 15.4 Å². The Morgan fingerprint density at radius 1 is 0.962 bits per heavy atom. The normalized spacial score (nSPS) is 11.6. The van der Waals surface area contributed by atoms with Crippen molar-refractivity contribution in [2.45, 2.75) is 45.9 Å². The zero-order valence-electron chi connectivity index (χ0n) is 16.2. The molecule has 0 aliphatic heterocycles. The third-order valence-electron chi connectivity index (χ3n) is 4.04. The fraction of sp³-hybridized carbons (Fsp3) is 0.409. The molecule has 140 valence electrons. The molecule has 0 aliphatic rings. The quantitative estimate of drug-likeness (QED) is 0.408. The van der Waals surface area contributed by atoms with E-state index in [1.165, 1.54) is 16.7 Å². The van der Waals surface area contributed by atoms with E-state index < -0.39 is 0 Å². The number of nitrogens with zero attached hydrogens (tertiary/aromatic N) is 1. The van der Waals surface area contributed by atoms with E-state index in [-0.39, 0.29) is 6.10 Å². The summed E-state index contributed by atoms with van der Waals surface area (Å²) in [5.41, 5.74) is 3.79. The maximum absolute atomic E-state index is 5.68. The van der Waals surface area contributed by atoms with Gasteiger partial charge in [-0.3, -0.25) is 4.99 Å². The van der Waals surface area contributed by atoms with Gasteiger partial charge in [0.1, 0.15) is 0 Å². The molecular weight excluding hydrogens is 322 g/mol. The Morgan fingerprint density at radius 3 is 2.42 bits per heavy atom. The molecule has 26 heavy (non-hydrogen) atoms. The first-order valence-electron chi connectivity index (χ1n) is 9.35. The maximum Gasteiger partial charge on any atom is 0.191 e. The Bertz CT molecular complexity index is 668. The summed E-state index contributed by atoms with van der Waals surface area (Å²) in [6, 6.07) is 19.0. The molecule has 0 fully saturated rings. The highest BCUT2D eigenvalue weighted by Crippen LogP contribution is 2.08. The van der Waals surface area contributed by atoms with Crippen molar-refractivity contribution < 1.29 is 4.74 Å². The van der Waals surface area contributed by atoms with Crippen LogP contribution in [0, 0.1) is 0 Å². The summed E-state index contributed by atoms with van der Waals surface area (Å²) in [6.45, 7) is 6.40. The summed E-state index contributed by atoms with van der Waals surface area (Å²) in [7, 11) is 1.80. The van der Waals surface area contributed by atoms with Crippen LogP contribution in [0.3, 0.4) is 0 Å². The van der Waals surface area contributed by atoms with Crippen LogP contribution in [0.2, 0.25) is 0 Å². The molecule has 0 atom stereocenters. The fourth-order valence-electron chi connectivity index (χ4n) is 2.64. The van der Waals surface area contributed by atoms with Crippen molar-refractivity contribution in [1.29, 1.82) is 0 Å². The lowest BCUT2D eigenvalue weighted by molar-refractivity contribution is 0.0657. The molecule has 2 aromatic rings. The van der Waals surface area contributed by atoms with Crippen LogP contribution in [-0.2, 0) is 24.3 Å². The second-order valence-corrected chi connectivity index (χ2v) is 6.62. The third-order valence-corrected chi connectivity index (χ3v) is 4.04. The lowest BCUT2D eigenvalue weighted by atomic mass is 10.1. The molecule has 0 aliphatic carbocycles. The highest BCUT2D eigenvalue weighted by Gasteiger charge is 2.01. The molecular formula is C22H31N3O. The average Bonchev–Trinajstić information content (AvgIpc) is 2.67. The van der Waals surface area contributed by atoms with Crippen LogP contribution in [0.5, 0.6) is 0 Å². The van der Waals surface area contributed by atoms with Gasteiger partial charge in [-0.05, 0) is 43.4 Å². The van der Waals surface area contributed by atoms with E-state index in [9.17, 15) is 0 Å². The molecule has 4 heteroatoms. The van der Waals surface area contributed by atoms with Crippen molar-refractivity contribution in [1.82, 2.24) is 10.6 Å². The highest BCUT2D eigenvalue weighted by atomic mass is 16.5. The van der Waals surface area contributed by atoms with Crippen molar-refractivity contribution in [2.75, 3.05) is 13.6 Å². The van der Waals surface area contributed by atoms with Gasteiger partial charge in [-0.15, -0.1) is 0 Å². The van der Waals surface area contributed by atoms with Gasteiger partial charge in [0.15, 0.2) is 5.96 Å². The first kappa shape index (κ1) is 20.0. The molecule has 4 nitrogen and oxygen atoms in total. The Kier molecular flexibility index (Phi) is 8.70. The molecule has 0 amide bonds. The van der Waals surface area contributed by atoms with Crippen molar-refractivity contribution in [2.24, 2.45) is 4.99 Å². The molecule has 0 heterocycles. The number of aryl methyl sites for hydroxylation is 1. The first-order valence-corrected chi connectivity index (χ1v) is 9.35. The second-order valence-electron chi connectivity index (χ2n) is 6.62. The second kappa shape index (κ2) is 11.3. The van der Waals surface area contributed by atoms with Crippen molar-refractivity contribution in [3.05, 3.63) is 71.3 Å². The van der Waals surface area contributed by atoms with Crippen LogP contribution in [-0.4, -0.2) is 25.7 Å². The van der Waals surface area contributed by atoms with Gasteiger partial charge in [-0.25, -0.2) is 0 Å². The zero-order valence-corrected chi connectivity index (χ0v) is 16.2. The lowest BCUT2D eigenvalue weighted by Crippen LogP contribution is -2.37. The topological polar surface area (TPSA) is 45.7 Å². The summed E-state index contributed by atoms with van der Waals surface area (Å²) in [4.78, 5) is 4.30. The highest BCUT2D eigenvalue weighted by molar-refractivity contribution is 5.79. The van der Waals surface area contributed by atoms with E-state index in [2.05, 4.69) is 84.1 Å². The predicted octanol–water partition coefficient (Wildman–Crippen LogP) is 3.91. The number of hydrogen-bond donors (Lipinski definition) is 2. The summed E-state index contributed by atoms with van der Waals surface area (Å²) in [6.07, 6.45) is 2.39. The van der Waals surface area contributed by atoms with E-state index in [4.69, 9.17) is 4.74 Å². The van der Waals surface area contributed by atoms with Gasteiger partial charge in [0.05, 0.1) is 12.7 Å². The first-order chi connectivity index (χ1) is 12.7. The Balaban J connectivity index is 1.72. The minimum atomic E-state index is 0.246. The van der Waals surface area contributed by atoms with Crippen molar-refractivity contribution in [3.63, 3.8) is 0 Å². The van der Waals surface area contributed by atoms with Gasteiger partial charge in [-0.1, -0.05) is 54.6 Å². The number of guanidine groups is 1. The third kappa shape index (κ3) is 7.70. The molecule has 2 aromatic carbocycles. The smallest absolute Gasteiger partial charge is 0.191 e. The van der Waals surface area contributed by atoms with Gasteiger partial charge in [0, 0.05) is 20.1 Å². The molecule has 0 saturated carbocycles. The van der Waals surface area contributed by atoms with Crippen LogP contribution in [0.1, 0.15) is 37.0 Å². The number of aliphatic imine (C=N–C) groups is 1. The van der Waals surface area contributed by atoms with Gasteiger partial charge in [-0.2, -0.15) is 0 Å². The number of ether oxygens (including phenoxy) is 1. The monoisotopic (exact) mass is 353 g/mol. The number of benzene rings is 2. The molecule has 0 spiro atoms. The minimum Gasteiger partial charge on any atom is -0.374 e. The molecule has 0 unspecified atom stereocenters. The van der Waals surface area contributed by atoms with E-state index in [0.29, 0.717) is 6.61 Å². The Hall–Kier alpha value is -2.33. The van der Waals surface area contributed by atoms with Crippen LogP contribution in [0.25, 0.3) is 0 Å². The molecule has 0 saturated heterocycles. The molecule has 0 radical (unpaired) electrons. The summed E-state index contributed by atoms with van der Waals surface area (Å²) in [5.74, 6) is 0.835. The molecule has 2 N–H and O–H groups in total. The number of nitrogens with one attached hydrogen (secondary N) is 2. The van der Waals surface area contributed by atoms with E-state index in [1.54, 1.807) is 7.05 Å². The van der Waals surface area contributed by atoms with E-state index in [1.807, 2.05) is 0 Å². The number of rotatable bonds is 9. The fourth-order valence-corrected chi connectivity index (χ4v) is 2.64. The largest absolute Gasteiger partial charge is 0.374 e. The van der Waals surface area contributed by atoms with Crippen LogP contribution in [0.15, 0.2) is 59.6 Å². The summed E-state index contributed by atoms with van der Waals surface area (Å²) >= 11 is 0. The maximum atomic E-state index is 5.68. The van der Waals surface area contributed by atoms with Gasteiger partial charge >= 0.3 is 0 Å². The van der Waals surface area contributed by atoms with Crippen molar-refractivity contribution in [3.8, 4) is 0 Å². The molecule has 0 aromatic heterocycles. The minimum absolute atomic E-state index is 0.246. The SMILES string of the molecule is CN=C(NCCCc1ccccc1)NCc1cccc(COC(C)C)c1. The Morgan fingerprint density at radius 2 is 1.69 bits per heavy atom. The molecule has 2 rings (SSSR count).